The summed E-state index contributed by atoms with van der Waals surface area (Å²) in [5.41, 5.74) is 0.0365. The molecule has 0 spiro atoms. The number of nitrogens with zero attached hydrogens (tertiary/aromatic N) is 2. The second kappa shape index (κ2) is 3.73. The third-order valence-corrected chi connectivity index (χ3v) is 2.66. The highest BCUT2D eigenvalue weighted by molar-refractivity contribution is 4.87. The highest BCUT2D eigenvalue weighted by Crippen LogP contribution is 2.25. The molecule has 1 aromatic rings. The van der Waals surface area contributed by atoms with Crippen LogP contribution in [0.5, 0.6) is 0 Å². The average molecular weight is 178 g/mol. The fraction of sp³-hybridized carbons (Fsp3) is 0.600. The highest BCUT2D eigenvalue weighted by Gasteiger charge is 2.16. The van der Waals surface area contributed by atoms with E-state index >= 15 is 0 Å². The van der Waals surface area contributed by atoms with E-state index < -0.39 is 0 Å². The van der Waals surface area contributed by atoms with Crippen molar-refractivity contribution in [2.45, 2.75) is 38.1 Å². The van der Waals surface area contributed by atoms with Crippen molar-refractivity contribution in [2.75, 3.05) is 0 Å². The van der Waals surface area contributed by atoms with Crippen LogP contribution in [0, 0.1) is 0 Å². The van der Waals surface area contributed by atoms with E-state index in [1.807, 2.05) is 0 Å². The van der Waals surface area contributed by atoms with E-state index in [1.54, 1.807) is 23.0 Å². The molecule has 3 nitrogen and oxygen atoms in total. The molecule has 0 saturated heterocycles. The average Bonchev–Trinajstić information content (AvgIpc) is 2.20. The molecule has 1 aliphatic carbocycles. The Balaban J connectivity index is 2.24. The van der Waals surface area contributed by atoms with Crippen LogP contribution in [-0.2, 0) is 0 Å². The van der Waals surface area contributed by atoms with Crippen LogP contribution >= 0.6 is 0 Å². The van der Waals surface area contributed by atoms with Gasteiger partial charge in [-0.1, -0.05) is 19.3 Å². The third kappa shape index (κ3) is 1.79. The van der Waals surface area contributed by atoms with Crippen molar-refractivity contribution in [3.05, 3.63) is 28.7 Å². The van der Waals surface area contributed by atoms with Crippen molar-refractivity contribution < 1.29 is 0 Å². The van der Waals surface area contributed by atoms with Gasteiger partial charge in [-0.3, -0.25) is 4.79 Å². The zero-order valence-electron chi connectivity index (χ0n) is 7.65. The minimum Gasteiger partial charge on any atom is -0.268 e. The van der Waals surface area contributed by atoms with E-state index in [4.69, 9.17) is 0 Å². The lowest BCUT2D eigenvalue weighted by molar-refractivity contribution is 0.318. The Morgan fingerprint density at radius 1 is 1.31 bits per heavy atom. The maximum Gasteiger partial charge on any atom is 0.266 e. The van der Waals surface area contributed by atoms with Gasteiger partial charge in [-0.15, -0.1) is 0 Å². The van der Waals surface area contributed by atoms with Crippen LogP contribution in [0.4, 0.5) is 0 Å². The Hall–Kier alpha value is -1.12. The molecule has 1 saturated carbocycles. The molecule has 1 aliphatic rings. The van der Waals surface area contributed by atoms with E-state index in [-0.39, 0.29) is 5.56 Å². The Morgan fingerprint density at radius 2 is 2.08 bits per heavy atom. The van der Waals surface area contributed by atoms with Crippen molar-refractivity contribution in [1.82, 2.24) is 9.78 Å². The van der Waals surface area contributed by atoms with E-state index in [2.05, 4.69) is 5.10 Å². The van der Waals surface area contributed by atoms with E-state index in [1.165, 1.54) is 19.3 Å². The molecule has 0 amide bonds. The van der Waals surface area contributed by atoms with Crippen LogP contribution in [0.2, 0.25) is 0 Å². The summed E-state index contributed by atoms with van der Waals surface area (Å²) in [5, 5.41) is 4.11. The first-order valence-corrected chi connectivity index (χ1v) is 4.92. The van der Waals surface area contributed by atoms with Gasteiger partial charge in [0.2, 0.25) is 0 Å². The summed E-state index contributed by atoms with van der Waals surface area (Å²) in [5.74, 6) is 0. The normalized spacial score (nSPS) is 18.8. The summed E-state index contributed by atoms with van der Waals surface area (Å²) in [6.07, 6.45) is 7.67. The Labute approximate surface area is 77.4 Å². The first-order chi connectivity index (χ1) is 6.38. The fourth-order valence-corrected chi connectivity index (χ4v) is 1.97. The van der Waals surface area contributed by atoms with Crippen LogP contribution in [-0.4, -0.2) is 9.78 Å². The summed E-state index contributed by atoms with van der Waals surface area (Å²) in [6, 6.07) is 3.63. The molecule has 1 aromatic heterocycles. The molecule has 0 unspecified atom stereocenters. The summed E-state index contributed by atoms with van der Waals surface area (Å²) in [4.78, 5) is 11.4. The minimum atomic E-state index is 0.0365. The highest BCUT2D eigenvalue weighted by atomic mass is 16.1. The smallest absolute Gasteiger partial charge is 0.266 e. The summed E-state index contributed by atoms with van der Waals surface area (Å²) in [6.45, 7) is 0. The summed E-state index contributed by atoms with van der Waals surface area (Å²) in [7, 11) is 0. The number of aromatic nitrogens is 2. The minimum absolute atomic E-state index is 0.0365. The van der Waals surface area contributed by atoms with Crippen molar-refractivity contribution >= 4 is 0 Å². The largest absolute Gasteiger partial charge is 0.268 e. The van der Waals surface area contributed by atoms with Gasteiger partial charge in [0.15, 0.2) is 0 Å². The van der Waals surface area contributed by atoms with Crippen molar-refractivity contribution in [2.24, 2.45) is 0 Å². The molecule has 0 aliphatic heterocycles. The predicted molar refractivity (Wildman–Crippen MR) is 50.6 cm³/mol. The molecule has 0 atom stereocenters. The quantitative estimate of drug-likeness (QED) is 0.656. The molecular formula is C10H14N2O. The molecule has 0 N–H and O–H groups in total. The maximum atomic E-state index is 11.4. The number of rotatable bonds is 1. The van der Waals surface area contributed by atoms with Crippen LogP contribution in [0.1, 0.15) is 38.1 Å². The van der Waals surface area contributed by atoms with Crippen LogP contribution in [0.15, 0.2) is 23.1 Å². The van der Waals surface area contributed by atoms with E-state index in [9.17, 15) is 4.79 Å². The monoisotopic (exact) mass is 178 g/mol. The van der Waals surface area contributed by atoms with Crippen LogP contribution < -0.4 is 5.56 Å². The van der Waals surface area contributed by atoms with Gasteiger partial charge in [-0.25, -0.2) is 4.68 Å². The summed E-state index contributed by atoms with van der Waals surface area (Å²) >= 11 is 0. The molecular weight excluding hydrogens is 164 g/mol. The maximum absolute atomic E-state index is 11.4. The lowest BCUT2D eigenvalue weighted by Crippen LogP contribution is -2.27. The van der Waals surface area contributed by atoms with Gasteiger partial charge in [0.25, 0.3) is 5.56 Å². The topological polar surface area (TPSA) is 34.9 Å². The van der Waals surface area contributed by atoms with Crippen LogP contribution in [0.3, 0.4) is 0 Å². The third-order valence-electron chi connectivity index (χ3n) is 2.66. The SMILES string of the molecule is O=c1cccnn1C1CCCCC1. The summed E-state index contributed by atoms with van der Waals surface area (Å²) < 4.78 is 1.64. The van der Waals surface area contributed by atoms with Gasteiger partial charge in [-0.2, -0.15) is 5.10 Å². The molecule has 0 radical (unpaired) electrons. The standard InChI is InChI=1S/C10H14N2O/c13-10-7-4-8-11-12(10)9-5-2-1-3-6-9/h4,7-9H,1-3,5-6H2. The van der Waals surface area contributed by atoms with Gasteiger partial charge < -0.3 is 0 Å². The zero-order chi connectivity index (χ0) is 9.10. The van der Waals surface area contributed by atoms with E-state index in [0.29, 0.717) is 6.04 Å². The first-order valence-electron chi connectivity index (χ1n) is 4.92. The molecule has 3 heteroatoms. The molecule has 1 fully saturated rings. The Kier molecular flexibility index (Phi) is 2.43. The molecule has 1 heterocycles. The van der Waals surface area contributed by atoms with Gasteiger partial charge in [0.1, 0.15) is 0 Å². The van der Waals surface area contributed by atoms with Crippen molar-refractivity contribution in [3.8, 4) is 0 Å². The zero-order valence-corrected chi connectivity index (χ0v) is 7.65. The van der Waals surface area contributed by atoms with E-state index in [0.717, 1.165) is 12.8 Å². The lowest BCUT2D eigenvalue weighted by atomic mass is 9.96. The Morgan fingerprint density at radius 3 is 2.77 bits per heavy atom. The molecule has 70 valence electrons. The lowest BCUT2D eigenvalue weighted by Gasteiger charge is -2.22. The van der Waals surface area contributed by atoms with Gasteiger partial charge in [0.05, 0.1) is 6.04 Å². The second-order valence-electron chi connectivity index (χ2n) is 3.60. The number of hydrogen-bond donors (Lipinski definition) is 0. The van der Waals surface area contributed by atoms with Gasteiger partial charge in [0, 0.05) is 12.3 Å². The molecule has 2 rings (SSSR count). The fourth-order valence-electron chi connectivity index (χ4n) is 1.97. The van der Waals surface area contributed by atoms with Gasteiger partial charge in [-0.05, 0) is 18.9 Å². The first kappa shape index (κ1) is 8.48. The number of hydrogen-bond acceptors (Lipinski definition) is 2. The van der Waals surface area contributed by atoms with Crippen molar-refractivity contribution in [1.29, 1.82) is 0 Å². The molecule has 0 bridgehead atoms. The van der Waals surface area contributed by atoms with Gasteiger partial charge >= 0.3 is 0 Å². The van der Waals surface area contributed by atoms with Crippen LogP contribution in [0.25, 0.3) is 0 Å². The Bertz CT molecular complexity index is 326. The molecule has 13 heavy (non-hydrogen) atoms. The van der Waals surface area contributed by atoms with Crippen molar-refractivity contribution in [3.63, 3.8) is 0 Å². The second-order valence-corrected chi connectivity index (χ2v) is 3.60. The molecule has 0 aromatic carbocycles. The predicted octanol–water partition coefficient (Wildman–Crippen LogP) is 1.75.